The SMILES string of the molecule is C=CC(=O)N1CCO[C@H]2CN(C(=O)N(C)[C@H](C(=O)N[C@H]3Cc4cccc(n4)-c4ccc5c(c4)c(c(-c4cccnc4[C@H](C)OC)n5CC)CC(C)(C)COC(=O)[C@@]4(O)CCCN(N4)C3=O)C(C)C)C[C@H]21. The summed E-state index contributed by atoms with van der Waals surface area (Å²) in [5.74, 6) is -2.78. The predicted molar refractivity (Wildman–Crippen MR) is 261 cm³/mol. The van der Waals surface area contributed by atoms with Crippen molar-refractivity contribution in [2.24, 2.45) is 11.3 Å². The Morgan fingerprint density at radius 3 is 2.61 bits per heavy atom. The molecule has 374 valence electrons. The maximum absolute atomic E-state index is 14.8. The van der Waals surface area contributed by atoms with Crippen molar-refractivity contribution in [1.29, 1.82) is 0 Å². The van der Waals surface area contributed by atoms with Crippen molar-refractivity contribution in [1.82, 2.24) is 45.0 Å². The summed E-state index contributed by atoms with van der Waals surface area (Å²) in [4.78, 5) is 84.9. The fraction of sp³-hybridized carbons (Fsp3) is 0.519. The Kier molecular flexibility index (Phi) is 14.5. The second-order valence-corrected chi connectivity index (χ2v) is 20.1. The first-order valence-corrected chi connectivity index (χ1v) is 24.3. The van der Waals surface area contributed by atoms with Crippen molar-refractivity contribution in [2.75, 3.05) is 53.6 Å². The fourth-order valence-corrected chi connectivity index (χ4v) is 10.6. The summed E-state index contributed by atoms with van der Waals surface area (Å²) < 4.78 is 20.0. The lowest BCUT2D eigenvalue weighted by Crippen LogP contribution is -2.67. The number of aryl methyl sites for hydroxylation is 1. The van der Waals surface area contributed by atoms with Crippen LogP contribution in [0, 0.1) is 11.3 Å². The number of amides is 5. The van der Waals surface area contributed by atoms with Crippen molar-refractivity contribution < 1.29 is 43.3 Å². The van der Waals surface area contributed by atoms with Gasteiger partial charge in [-0.2, -0.15) is 5.43 Å². The fourth-order valence-electron chi connectivity index (χ4n) is 10.6. The zero-order valence-electron chi connectivity index (χ0n) is 41.6. The smallest absolute Gasteiger partial charge is 0.355 e. The molecule has 18 nitrogen and oxygen atoms in total. The number of esters is 1. The molecule has 7 heterocycles. The van der Waals surface area contributed by atoms with Gasteiger partial charge < -0.3 is 43.9 Å². The minimum absolute atomic E-state index is 0.0276. The predicted octanol–water partition coefficient (Wildman–Crippen LogP) is 4.64. The van der Waals surface area contributed by atoms with Crippen LogP contribution in [0.3, 0.4) is 0 Å². The van der Waals surface area contributed by atoms with E-state index in [1.807, 2.05) is 58.9 Å². The number of hydrogen-bond donors (Lipinski definition) is 3. The van der Waals surface area contributed by atoms with Crippen molar-refractivity contribution in [2.45, 2.75) is 110 Å². The number of rotatable bonds is 9. The van der Waals surface area contributed by atoms with E-state index in [-0.39, 0.29) is 63.6 Å². The number of aliphatic hydroxyl groups is 1. The second kappa shape index (κ2) is 20.3. The molecule has 18 heteroatoms. The van der Waals surface area contributed by atoms with E-state index in [0.29, 0.717) is 37.5 Å². The molecule has 0 saturated carbocycles. The number of nitrogens with one attached hydrogen (secondary N) is 2. The minimum Gasteiger partial charge on any atom is -0.462 e. The Morgan fingerprint density at radius 1 is 1.10 bits per heavy atom. The summed E-state index contributed by atoms with van der Waals surface area (Å²) in [6.45, 7) is 17.2. The maximum Gasteiger partial charge on any atom is 0.355 e. The van der Waals surface area contributed by atoms with E-state index in [9.17, 15) is 29.1 Å². The van der Waals surface area contributed by atoms with Crippen LogP contribution < -0.4 is 10.7 Å². The Balaban J connectivity index is 1.17. The Hall–Kier alpha value is -6.21. The van der Waals surface area contributed by atoms with Gasteiger partial charge in [0.15, 0.2) is 0 Å². The minimum atomic E-state index is -2.25. The summed E-state index contributed by atoms with van der Waals surface area (Å²) in [6, 6.07) is 12.7. The van der Waals surface area contributed by atoms with Gasteiger partial charge in [-0.3, -0.25) is 29.4 Å². The number of carbonyl (C=O) groups is 5. The maximum atomic E-state index is 14.8. The van der Waals surface area contributed by atoms with E-state index in [1.165, 1.54) is 16.0 Å². The molecule has 0 unspecified atom stereocenters. The number of likely N-dealkylation sites (N-methyl/N-ethyl adjacent to an activating group) is 1. The average Bonchev–Trinajstić information content (AvgIpc) is 3.92. The number of hydrazine groups is 1. The summed E-state index contributed by atoms with van der Waals surface area (Å²) in [7, 11) is 3.21. The molecule has 4 aliphatic rings. The van der Waals surface area contributed by atoms with Gasteiger partial charge in [-0.15, -0.1) is 0 Å². The summed E-state index contributed by atoms with van der Waals surface area (Å²) in [5, 5.41) is 17.0. The zero-order chi connectivity index (χ0) is 50.2. The monoisotopic (exact) mass is 962 g/mol. The van der Waals surface area contributed by atoms with Crippen LogP contribution in [-0.4, -0.2) is 153 Å². The molecular weight excluding hydrogens is 895 g/mol. The van der Waals surface area contributed by atoms with Gasteiger partial charge in [0.25, 0.3) is 5.91 Å². The van der Waals surface area contributed by atoms with Crippen LogP contribution in [0.15, 0.2) is 67.4 Å². The quantitative estimate of drug-likeness (QED) is 0.155. The van der Waals surface area contributed by atoms with Gasteiger partial charge in [0.2, 0.25) is 17.5 Å². The number of carbonyl (C=O) groups excluding carboxylic acids is 5. The number of aromatic nitrogens is 3. The molecule has 0 spiro atoms. The highest BCUT2D eigenvalue weighted by atomic mass is 16.6. The summed E-state index contributed by atoms with van der Waals surface area (Å²) >= 11 is 0. The third kappa shape index (κ3) is 9.78. The van der Waals surface area contributed by atoms with Gasteiger partial charge in [-0.25, -0.2) is 9.59 Å². The van der Waals surface area contributed by atoms with Crippen LogP contribution in [0.4, 0.5) is 4.79 Å². The Bertz CT molecular complexity index is 2670. The molecule has 0 aliphatic carbocycles. The van der Waals surface area contributed by atoms with Gasteiger partial charge in [0.1, 0.15) is 12.1 Å². The van der Waals surface area contributed by atoms with Crippen LogP contribution in [0.5, 0.6) is 0 Å². The average molecular weight is 962 g/mol. The molecule has 3 aromatic heterocycles. The molecule has 1 aromatic carbocycles. The number of pyridine rings is 2. The zero-order valence-corrected chi connectivity index (χ0v) is 41.6. The Labute approximate surface area is 409 Å². The van der Waals surface area contributed by atoms with Crippen molar-refractivity contribution in [3.63, 3.8) is 0 Å². The topological polar surface area (TPSA) is 201 Å². The normalized spacial score (nSPS) is 23.6. The van der Waals surface area contributed by atoms with Crippen LogP contribution in [0.25, 0.3) is 33.4 Å². The molecular formula is C52H67N9O9. The first-order chi connectivity index (χ1) is 33.4. The number of urea groups is 1. The molecule has 3 fully saturated rings. The van der Waals surface area contributed by atoms with Crippen molar-refractivity contribution in [3.05, 3.63) is 84.3 Å². The summed E-state index contributed by atoms with van der Waals surface area (Å²) in [6.07, 6.45) is 2.96. The van der Waals surface area contributed by atoms with Crippen molar-refractivity contribution in [3.8, 4) is 22.5 Å². The lowest BCUT2D eigenvalue weighted by Gasteiger charge is -2.40. The number of hydrogen-bond acceptors (Lipinski definition) is 12. The van der Waals surface area contributed by atoms with E-state index >= 15 is 0 Å². The molecule has 4 aliphatic heterocycles. The third-order valence-corrected chi connectivity index (χ3v) is 14.2. The van der Waals surface area contributed by atoms with Crippen LogP contribution in [0.2, 0.25) is 0 Å². The van der Waals surface area contributed by atoms with Crippen molar-refractivity contribution >= 4 is 40.6 Å². The largest absolute Gasteiger partial charge is 0.462 e. The standard InChI is InChI=1S/C52H67N9O9/c1-10-43(62)60-23-24-69-42-29-58(28-41(42)60)50(66)57(8)45(31(3)4)47(63)55-39-26-34-15-12-17-38(54-34)33-18-19-40-36(25-33)37(46(59(40)11-2)35-16-13-21-53-44(35)32(5)68-9)27-51(6,7)30-70-49(65)52(67)20-14-22-61(56-52)48(39)64/h10,12-13,15-19,21,25,31-32,39,41-42,45,56,67H,1,11,14,20,22-24,26-30H2,2-9H3,(H,55,63)/t32-,39-,41+,42-,45-,52-/m0/s1. The van der Waals surface area contributed by atoms with E-state index < -0.39 is 59.1 Å². The van der Waals surface area contributed by atoms with Gasteiger partial charge >= 0.3 is 12.0 Å². The lowest BCUT2D eigenvalue weighted by atomic mass is 9.84. The van der Waals surface area contributed by atoms with E-state index in [0.717, 1.165) is 39.0 Å². The summed E-state index contributed by atoms with van der Waals surface area (Å²) in [5.41, 5.74) is 6.55. The molecule has 70 heavy (non-hydrogen) atoms. The first-order valence-electron chi connectivity index (χ1n) is 24.3. The molecule has 6 bridgehead atoms. The molecule has 0 radical (unpaired) electrons. The van der Waals surface area contributed by atoms with Gasteiger partial charge in [-0.1, -0.05) is 46.4 Å². The number of benzene rings is 1. The Morgan fingerprint density at radius 2 is 1.89 bits per heavy atom. The highest BCUT2D eigenvalue weighted by molar-refractivity contribution is 5.96. The second-order valence-electron chi connectivity index (χ2n) is 20.1. The highest BCUT2D eigenvalue weighted by Crippen LogP contribution is 2.42. The molecule has 6 atom stereocenters. The molecule has 8 rings (SSSR count). The van der Waals surface area contributed by atoms with Gasteiger partial charge in [0, 0.05) is 92.5 Å². The van der Waals surface area contributed by atoms with Crippen LogP contribution >= 0.6 is 0 Å². The van der Waals surface area contributed by atoms with E-state index in [4.69, 9.17) is 24.2 Å². The number of nitrogens with zero attached hydrogens (tertiary/aromatic N) is 7. The van der Waals surface area contributed by atoms with E-state index in [2.05, 4.69) is 47.0 Å². The van der Waals surface area contributed by atoms with Gasteiger partial charge in [-0.05, 0) is 80.6 Å². The number of likely N-dealkylation sites (tertiary alicyclic amines) is 1. The molecule has 3 N–H and O–H groups in total. The van der Waals surface area contributed by atoms with Crippen LogP contribution in [-0.2, 0) is 52.8 Å². The molecule has 4 aromatic rings. The number of methoxy groups -OCH3 is 1. The van der Waals surface area contributed by atoms with Crippen LogP contribution in [0.1, 0.15) is 77.4 Å². The van der Waals surface area contributed by atoms with E-state index in [1.54, 1.807) is 36.2 Å². The third-order valence-electron chi connectivity index (χ3n) is 14.2. The number of morpholine rings is 1. The molecule has 5 amide bonds. The van der Waals surface area contributed by atoms with Gasteiger partial charge in [0.05, 0.1) is 55.1 Å². The number of fused-ring (bicyclic) bond motifs is 7. The lowest BCUT2D eigenvalue weighted by molar-refractivity contribution is -0.189. The number of ether oxygens (including phenoxy) is 3. The highest BCUT2D eigenvalue weighted by Gasteiger charge is 2.47. The first kappa shape index (κ1) is 50.2. The number of cyclic esters (lactones) is 1. The molecule has 3 saturated heterocycles.